The minimum absolute atomic E-state index is 0.0238. The number of para-hydroxylation sites is 1. The van der Waals surface area contributed by atoms with E-state index in [-0.39, 0.29) is 29.1 Å². The van der Waals surface area contributed by atoms with E-state index in [4.69, 9.17) is 0 Å². The molecule has 5 nitrogen and oxygen atoms in total. The minimum Gasteiger partial charge on any atom is -0.311 e. The summed E-state index contributed by atoms with van der Waals surface area (Å²) in [7, 11) is -2.89. The average Bonchev–Trinajstić information content (AvgIpc) is 2.85. The molecule has 2 heterocycles. The SMILES string of the molecule is O=C1CCN(C(=O)CCC2CCS(=O)(=O)C2)c2ccccc21. The lowest BCUT2D eigenvalue weighted by Gasteiger charge is -2.29. The van der Waals surface area contributed by atoms with Crippen molar-refractivity contribution in [3.05, 3.63) is 29.8 Å². The van der Waals surface area contributed by atoms with E-state index in [1.54, 1.807) is 23.1 Å². The number of carbonyl (C=O) groups is 2. The van der Waals surface area contributed by atoms with E-state index in [9.17, 15) is 18.0 Å². The first-order valence-corrected chi connectivity index (χ1v) is 9.41. The first-order valence-electron chi connectivity index (χ1n) is 7.59. The topological polar surface area (TPSA) is 71.5 Å². The largest absolute Gasteiger partial charge is 0.311 e. The van der Waals surface area contributed by atoms with Gasteiger partial charge >= 0.3 is 0 Å². The highest BCUT2D eigenvalue weighted by Gasteiger charge is 2.30. The van der Waals surface area contributed by atoms with Gasteiger partial charge in [-0.1, -0.05) is 12.1 Å². The summed E-state index contributed by atoms with van der Waals surface area (Å²) in [6, 6.07) is 7.17. The number of sulfone groups is 1. The van der Waals surface area contributed by atoms with Gasteiger partial charge in [-0.3, -0.25) is 9.59 Å². The highest BCUT2D eigenvalue weighted by Crippen LogP contribution is 2.29. The van der Waals surface area contributed by atoms with Crippen molar-refractivity contribution in [3.8, 4) is 0 Å². The van der Waals surface area contributed by atoms with E-state index in [2.05, 4.69) is 0 Å². The average molecular weight is 321 g/mol. The van der Waals surface area contributed by atoms with Crippen LogP contribution in [0.15, 0.2) is 24.3 Å². The zero-order chi connectivity index (χ0) is 15.7. The molecule has 6 heteroatoms. The van der Waals surface area contributed by atoms with Gasteiger partial charge in [0.05, 0.1) is 17.2 Å². The molecule has 2 aliphatic rings. The molecule has 1 fully saturated rings. The predicted octanol–water partition coefficient (Wildman–Crippen LogP) is 1.82. The number of hydrogen-bond acceptors (Lipinski definition) is 4. The fourth-order valence-corrected chi connectivity index (χ4v) is 5.15. The van der Waals surface area contributed by atoms with Crippen LogP contribution < -0.4 is 4.90 Å². The van der Waals surface area contributed by atoms with Gasteiger partial charge in [-0.15, -0.1) is 0 Å². The number of amides is 1. The molecule has 118 valence electrons. The zero-order valence-electron chi connectivity index (χ0n) is 12.3. The highest BCUT2D eigenvalue weighted by molar-refractivity contribution is 7.91. The molecular weight excluding hydrogens is 302 g/mol. The number of Topliss-reactive ketones (excluding diaryl/α,β-unsaturated/α-hetero) is 1. The molecule has 0 aliphatic carbocycles. The maximum Gasteiger partial charge on any atom is 0.227 e. The molecule has 2 aliphatic heterocycles. The zero-order valence-corrected chi connectivity index (χ0v) is 13.1. The first kappa shape index (κ1) is 15.2. The van der Waals surface area contributed by atoms with E-state index >= 15 is 0 Å². The third kappa shape index (κ3) is 3.06. The summed E-state index contributed by atoms with van der Waals surface area (Å²) in [6.07, 6.45) is 1.94. The Bertz CT molecular complexity index is 711. The van der Waals surface area contributed by atoms with Crippen molar-refractivity contribution in [2.45, 2.75) is 25.7 Å². The van der Waals surface area contributed by atoms with Crippen LogP contribution >= 0.6 is 0 Å². The van der Waals surface area contributed by atoms with Crippen molar-refractivity contribution in [2.75, 3.05) is 23.0 Å². The second kappa shape index (κ2) is 5.83. The number of ketones is 1. The Balaban J connectivity index is 1.66. The quantitative estimate of drug-likeness (QED) is 0.851. The lowest BCUT2D eigenvalue weighted by atomic mass is 9.98. The van der Waals surface area contributed by atoms with Gasteiger partial charge in [-0.05, 0) is 30.9 Å². The van der Waals surface area contributed by atoms with Crippen LogP contribution in [0.3, 0.4) is 0 Å². The second-order valence-electron chi connectivity index (χ2n) is 6.04. The molecule has 1 atom stereocenters. The molecule has 0 bridgehead atoms. The molecule has 1 unspecified atom stereocenters. The van der Waals surface area contributed by atoms with Crippen LogP contribution in [0.5, 0.6) is 0 Å². The normalized spacial score (nSPS) is 23.4. The Kier molecular flexibility index (Phi) is 4.04. The van der Waals surface area contributed by atoms with E-state index in [0.29, 0.717) is 43.5 Å². The maximum absolute atomic E-state index is 12.5. The summed E-state index contributed by atoms with van der Waals surface area (Å²) >= 11 is 0. The van der Waals surface area contributed by atoms with Crippen LogP contribution in [0, 0.1) is 5.92 Å². The van der Waals surface area contributed by atoms with Gasteiger partial charge in [0.25, 0.3) is 0 Å². The van der Waals surface area contributed by atoms with Crippen LogP contribution in [-0.4, -0.2) is 38.2 Å². The molecule has 3 rings (SSSR count). The summed E-state index contributed by atoms with van der Waals surface area (Å²) in [5.74, 6) is 0.587. The molecule has 0 spiro atoms. The van der Waals surface area contributed by atoms with Crippen LogP contribution in [-0.2, 0) is 14.6 Å². The molecule has 0 N–H and O–H groups in total. The standard InChI is InChI=1S/C16H19NO4S/c18-15-7-9-17(14-4-2-1-3-13(14)15)16(19)6-5-12-8-10-22(20,21)11-12/h1-4,12H,5-11H2. The Labute approximate surface area is 130 Å². The number of rotatable bonds is 3. The lowest BCUT2D eigenvalue weighted by molar-refractivity contribution is -0.118. The molecule has 0 radical (unpaired) electrons. The Hall–Kier alpha value is -1.69. The Morgan fingerprint density at radius 1 is 1.27 bits per heavy atom. The molecule has 1 amide bonds. The van der Waals surface area contributed by atoms with E-state index < -0.39 is 9.84 Å². The Morgan fingerprint density at radius 3 is 2.77 bits per heavy atom. The second-order valence-corrected chi connectivity index (χ2v) is 8.27. The third-order valence-electron chi connectivity index (χ3n) is 4.45. The number of carbonyl (C=O) groups excluding carboxylic acids is 2. The Morgan fingerprint density at radius 2 is 2.05 bits per heavy atom. The van der Waals surface area contributed by atoms with Crippen molar-refractivity contribution < 1.29 is 18.0 Å². The van der Waals surface area contributed by atoms with Gasteiger partial charge in [-0.2, -0.15) is 0 Å². The summed E-state index contributed by atoms with van der Waals surface area (Å²) in [5, 5.41) is 0. The minimum atomic E-state index is -2.89. The van der Waals surface area contributed by atoms with Gasteiger partial charge in [0.2, 0.25) is 5.91 Å². The van der Waals surface area contributed by atoms with Gasteiger partial charge in [0.1, 0.15) is 0 Å². The van der Waals surface area contributed by atoms with Crippen LogP contribution in [0.2, 0.25) is 0 Å². The van der Waals surface area contributed by atoms with Crippen molar-refractivity contribution >= 4 is 27.2 Å². The molecule has 0 aromatic heterocycles. The maximum atomic E-state index is 12.5. The summed E-state index contributed by atoms with van der Waals surface area (Å²) in [6.45, 7) is 0.414. The van der Waals surface area contributed by atoms with E-state index in [0.717, 1.165) is 0 Å². The van der Waals surface area contributed by atoms with Gasteiger partial charge < -0.3 is 4.90 Å². The number of fused-ring (bicyclic) bond motifs is 1. The lowest BCUT2D eigenvalue weighted by Crippen LogP contribution is -2.37. The molecule has 1 saturated heterocycles. The van der Waals surface area contributed by atoms with E-state index in [1.807, 2.05) is 6.07 Å². The molecule has 1 aromatic rings. The van der Waals surface area contributed by atoms with Crippen LogP contribution in [0.4, 0.5) is 5.69 Å². The highest BCUT2D eigenvalue weighted by atomic mass is 32.2. The summed E-state index contributed by atoms with van der Waals surface area (Å²) < 4.78 is 22.9. The number of nitrogens with zero attached hydrogens (tertiary/aromatic N) is 1. The molecule has 0 saturated carbocycles. The number of benzene rings is 1. The monoisotopic (exact) mass is 321 g/mol. The van der Waals surface area contributed by atoms with Crippen molar-refractivity contribution in [2.24, 2.45) is 5.92 Å². The van der Waals surface area contributed by atoms with Crippen LogP contribution in [0.1, 0.15) is 36.0 Å². The summed E-state index contributed by atoms with van der Waals surface area (Å²) in [4.78, 5) is 26.0. The number of anilines is 1. The van der Waals surface area contributed by atoms with Crippen LogP contribution in [0.25, 0.3) is 0 Å². The number of hydrogen-bond donors (Lipinski definition) is 0. The summed E-state index contributed by atoms with van der Waals surface area (Å²) in [5.41, 5.74) is 1.29. The molecule has 1 aromatic carbocycles. The fourth-order valence-electron chi connectivity index (χ4n) is 3.23. The van der Waals surface area contributed by atoms with E-state index in [1.165, 1.54) is 0 Å². The third-order valence-corrected chi connectivity index (χ3v) is 6.29. The molecular formula is C16H19NO4S. The van der Waals surface area contributed by atoms with Crippen molar-refractivity contribution in [1.29, 1.82) is 0 Å². The smallest absolute Gasteiger partial charge is 0.227 e. The van der Waals surface area contributed by atoms with Gasteiger partial charge in [-0.25, -0.2) is 8.42 Å². The van der Waals surface area contributed by atoms with Crippen molar-refractivity contribution in [1.82, 2.24) is 0 Å². The first-order chi connectivity index (χ1) is 10.5. The van der Waals surface area contributed by atoms with Crippen molar-refractivity contribution in [3.63, 3.8) is 0 Å². The predicted molar refractivity (Wildman–Crippen MR) is 83.7 cm³/mol. The fraction of sp³-hybridized carbons (Fsp3) is 0.500. The van der Waals surface area contributed by atoms with Gasteiger partial charge in [0, 0.05) is 24.9 Å². The van der Waals surface area contributed by atoms with Gasteiger partial charge in [0.15, 0.2) is 15.6 Å². The molecule has 22 heavy (non-hydrogen) atoms.